The molecular formula is C22H20N2O6S. The van der Waals surface area contributed by atoms with Crippen LogP contribution in [0.25, 0.3) is 10.8 Å². The summed E-state index contributed by atoms with van der Waals surface area (Å²) in [4.78, 5) is 17.7. The fourth-order valence-electron chi connectivity index (χ4n) is 2.88. The molecule has 0 aliphatic heterocycles. The Morgan fingerprint density at radius 2 is 2.03 bits per heavy atom. The number of hydrogen-bond acceptors (Lipinski definition) is 9. The fraction of sp³-hybridized carbons (Fsp3) is 0.227. The Bertz CT molecular complexity index is 1160. The first-order chi connectivity index (χ1) is 15.0. The maximum Gasteiger partial charge on any atom is 0.338 e. The van der Waals surface area contributed by atoms with Crippen LogP contribution in [-0.4, -0.2) is 23.2 Å². The van der Waals surface area contributed by atoms with E-state index in [9.17, 15) is 4.79 Å². The normalized spacial score (nSPS) is 10.8. The number of carbonyl (C=O) groups excluding carboxylic acids is 1. The summed E-state index contributed by atoms with van der Waals surface area (Å²) in [5.74, 6) is 1.62. The maximum absolute atomic E-state index is 12.5. The third-order valence-corrected chi connectivity index (χ3v) is 5.45. The number of benzene rings is 1. The molecule has 0 aliphatic rings. The van der Waals surface area contributed by atoms with Gasteiger partial charge in [0.25, 0.3) is 0 Å². The highest BCUT2D eigenvalue weighted by Crippen LogP contribution is 2.30. The second-order valence-corrected chi connectivity index (χ2v) is 7.60. The average Bonchev–Trinajstić information content (AvgIpc) is 3.53. The van der Waals surface area contributed by atoms with Crippen molar-refractivity contribution >= 4 is 17.3 Å². The van der Waals surface area contributed by atoms with Crippen molar-refractivity contribution in [1.29, 1.82) is 0 Å². The minimum Gasteiger partial charge on any atom is -0.493 e. The molecule has 4 aromatic rings. The molecule has 4 rings (SSSR count). The predicted octanol–water partition coefficient (Wildman–Crippen LogP) is 4.95. The Kier molecular flexibility index (Phi) is 6.03. The van der Waals surface area contributed by atoms with Crippen LogP contribution >= 0.6 is 11.3 Å². The number of thiophene rings is 1. The van der Waals surface area contributed by atoms with Crippen molar-refractivity contribution < 1.29 is 27.9 Å². The van der Waals surface area contributed by atoms with Gasteiger partial charge in [0.15, 0.2) is 11.5 Å². The van der Waals surface area contributed by atoms with Gasteiger partial charge in [0.1, 0.15) is 30.9 Å². The first kappa shape index (κ1) is 20.7. The molecule has 0 N–H and O–H groups in total. The zero-order chi connectivity index (χ0) is 21.8. The molecule has 3 heterocycles. The van der Waals surface area contributed by atoms with Gasteiger partial charge in [-0.15, -0.1) is 11.3 Å². The predicted molar refractivity (Wildman–Crippen MR) is 112 cm³/mol. The number of hydrogen-bond donors (Lipinski definition) is 0. The summed E-state index contributed by atoms with van der Waals surface area (Å²) in [6.07, 6.45) is 1.48. The Labute approximate surface area is 182 Å². The van der Waals surface area contributed by atoms with Crippen molar-refractivity contribution in [2.24, 2.45) is 0 Å². The Balaban J connectivity index is 1.39. The van der Waals surface area contributed by atoms with Crippen molar-refractivity contribution in [2.75, 3.05) is 7.11 Å². The van der Waals surface area contributed by atoms with E-state index in [0.29, 0.717) is 34.4 Å². The number of aryl methyl sites for hydroxylation is 2. The van der Waals surface area contributed by atoms with Crippen LogP contribution in [0.1, 0.15) is 33.1 Å². The highest BCUT2D eigenvalue weighted by molar-refractivity contribution is 7.13. The number of carbonyl (C=O) groups is 1. The smallest absolute Gasteiger partial charge is 0.338 e. The van der Waals surface area contributed by atoms with Gasteiger partial charge in [0.05, 0.1) is 28.8 Å². The van der Waals surface area contributed by atoms with E-state index >= 15 is 0 Å². The molecule has 3 aromatic heterocycles. The van der Waals surface area contributed by atoms with Gasteiger partial charge >= 0.3 is 5.97 Å². The molecule has 0 unspecified atom stereocenters. The number of ether oxygens (including phenoxy) is 3. The van der Waals surface area contributed by atoms with E-state index in [2.05, 4.69) is 10.1 Å². The molecule has 0 fully saturated rings. The monoisotopic (exact) mass is 440 g/mol. The van der Waals surface area contributed by atoms with Crippen LogP contribution in [-0.2, 0) is 18.0 Å². The molecule has 0 atom stereocenters. The van der Waals surface area contributed by atoms with Gasteiger partial charge in [0, 0.05) is 0 Å². The van der Waals surface area contributed by atoms with Crippen LogP contribution in [0.4, 0.5) is 0 Å². The van der Waals surface area contributed by atoms with Crippen LogP contribution in [0.15, 0.2) is 50.9 Å². The van der Waals surface area contributed by atoms with E-state index in [1.165, 1.54) is 24.7 Å². The second kappa shape index (κ2) is 9.05. The van der Waals surface area contributed by atoms with E-state index in [0.717, 1.165) is 16.1 Å². The van der Waals surface area contributed by atoms with E-state index in [-0.39, 0.29) is 13.2 Å². The molecule has 0 aliphatic carbocycles. The van der Waals surface area contributed by atoms with Crippen LogP contribution in [0.2, 0.25) is 0 Å². The molecule has 0 bridgehead atoms. The summed E-state index contributed by atoms with van der Waals surface area (Å²) >= 11 is 1.52. The van der Waals surface area contributed by atoms with Gasteiger partial charge in [-0.3, -0.25) is 0 Å². The summed E-state index contributed by atoms with van der Waals surface area (Å²) in [5, 5.41) is 5.85. The van der Waals surface area contributed by atoms with Crippen molar-refractivity contribution in [1.82, 2.24) is 10.1 Å². The van der Waals surface area contributed by atoms with Gasteiger partial charge < -0.3 is 23.2 Å². The Hall–Kier alpha value is -3.59. The molecule has 31 heavy (non-hydrogen) atoms. The summed E-state index contributed by atoms with van der Waals surface area (Å²) in [6, 6.07) is 8.68. The summed E-state index contributed by atoms with van der Waals surface area (Å²) in [5.41, 5.74) is 2.51. The largest absolute Gasteiger partial charge is 0.493 e. The summed E-state index contributed by atoms with van der Waals surface area (Å²) < 4.78 is 27.2. The van der Waals surface area contributed by atoms with Gasteiger partial charge in [-0.2, -0.15) is 0 Å². The van der Waals surface area contributed by atoms with Crippen LogP contribution in [0, 0.1) is 13.8 Å². The highest BCUT2D eigenvalue weighted by atomic mass is 32.1. The number of aromatic nitrogens is 2. The van der Waals surface area contributed by atoms with Gasteiger partial charge in [-0.05, 0) is 43.5 Å². The van der Waals surface area contributed by atoms with E-state index in [4.69, 9.17) is 23.2 Å². The number of oxazole rings is 1. The van der Waals surface area contributed by atoms with Gasteiger partial charge in [0.2, 0.25) is 5.89 Å². The zero-order valence-corrected chi connectivity index (χ0v) is 18.0. The van der Waals surface area contributed by atoms with Crippen LogP contribution < -0.4 is 9.47 Å². The molecule has 8 nitrogen and oxygen atoms in total. The van der Waals surface area contributed by atoms with Crippen molar-refractivity contribution in [3.05, 3.63) is 70.3 Å². The third kappa shape index (κ3) is 4.61. The van der Waals surface area contributed by atoms with E-state index in [1.54, 1.807) is 18.2 Å². The fourth-order valence-corrected chi connectivity index (χ4v) is 3.54. The number of rotatable bonds is 8. The third-order valence-electron chi connectivity index (χ3n) is 4.59. The lowest BCUT2D eigenvalue weighted by Crippen LogP contribution is -2.06. The zero-order valence-electron chi connectivity index (χ0n) is 17.2. The van der Waals surface area contributed by atoms with Crippen molar-refractivity contribution in [2.45, 2.75) is 27.1 Å². The first-order valence-electron chi connectivity index (χ1n) is 9.43. The maximum atomic E-state index is 12.5. The SMILES string of the molecule is COc1cc(C(=O)OCc2coc(-c3cccs3)n2)ccc1OCc1c(C)noc1C. The Morgan fingerprint density at radius 1 is 1.16 bits per heavy atom. The molecule has 9 heteroatoms. The summed E-state index contributed by atoms with van der Waals surface area (Å²) in [6.45, 7) is 3.96. The average molecular weight is 440 g/mol. The lowest BCUT2D eigenvalue weighted by Gasteiger charge is -2.12. The second-order valence-electron chi connectivity index (χ2n) is 6.65. The molecule has 1 aromatic carbocycles. The van der Waals surface area contributed by atoms with Crippen LogP contribution in [0.5, 0.6) is 11.5 Å². The molecule has 0 saturated carbocycles. The molecule has 0 amide bonds. The molecule has 160 valence electrons. The number of methoxy groups -OCH3 is 1. The quantitative estimate of drug-likeness (QED) is 0.355. The lowest BCUT2D eigenvalue weighted by atomic mass is 10.2. The summed E-state index contributed by atoms with van der Waals surface area (Å²) in [7, 11) is 1.51. The first-order valence-corrected chi connectivity index (χ1v) is 10.3. The van der Waals surface area contributed by atoms with Crippen molar-refractivity contribution in [3.8, 4) is 22.3 Å². The minimum atomic E-state index is -0.503. The molecule has 0 spiro atoms. The molecular weight excluding hydrogens is 420 g/mol. The Morgan fingerprint density at radius 3 is 2.74 bits per heavy atom. The molecule has 0 radical (unpaired) electrons. The minimum absolute atomic E-state index is 0.000316. The number of nitrogens with zero attached hydrogens (tertiary/aromatic N) is 2. The van der Waals surface area contributed by atoms with Gasteiger partial charge in [-0.25, -0.2) is 9.78 Å². The van der Waals surface area contributed by atoms with Crippen LogP contribution in [0.3, 0.4) is 0 Å². The van der Waals surface area contributed by atoms with E-state index in [1.807, 2.05) is 31.4 Å². The number of esters is 1. The standard InChI is InChI=1S/C22H20N2O6S/c1-13-17(14(2)30-24-13)12-27-18-7-6-15(9-19(18)26-3)22(25)29-11-16-10-28-21(23-16)20-5-4-8-31-20/h4-10H,11-12H2,1-3H3. The highest BCUT2D eigenvalue weighted by Gasteiger charge is 2.16. The molecule has 0 saturated heterocycles. The topological polar surface area (TPSA) is 96.8 Å². The lowest BCUT2D eigenvalue weighted by molar-refractivity contribution is 0.0467. The van der Waals surface area contributed by atoms with Crippen molar-refractivity contribution in [3.63, 3.8) is 0 Å². The van der Waals surface area contributed by atoms with Gasteiger partial charge in [-0.1, -0.05) is 11.2 Å². The van der Waals surface area contributed by atoms with E-state index < -0.39 is 5.97 Å².